The zero-order valence-corrected chi connectivity index (χ0v) is 12.6. The molecule has 1 aromatic heterocycles. The van der Waals surface area contributed by atoms with Crippen molar-refractivity contribution in [3.8, 4) is 5.75 Å². The third-order valence-electron chi connectivity index (χ3n) is 3.62. The third kappa shape index (κ3) is 2.91. The highest BCUT2D eigenvalue weighted by Crippen LogP contribution is 2.27. The Labute approximate surface area is 135 Å². The Morgan fingerprint density at radius 2 is 1.83 bits per heavy atom. The van der Waals surface area contributed by atoms with Gasteiger partial charge in [0.15, 0.2) is 0 Å². The van der Waals surface area contributed by atoms with Crippen molar-refractivity contribution in [2.24, 2.45) is 0 Å². The van der Waals surface area contributed by atoms with E-state index < -0.39 is 11.5 Å². The maximum Gasteiger partial charge on any atom is 0.335 e. The Bertz CT molecular complexity index is 961. The lowest BCUT2D eigenvalue weighted by Gasteiger charge is -2.08. The molecule has 0 spiro atoms. The molecule has 1 heterocycles. The van der Waals surface area contributed by atoms with Crippen LogP contribution < -0.4 is 5.56 Å². The maximum absolute atomic E-state index is 12.2. The fraction of sp³-hybridized carbons (Fsp3) is 0.0588. The van der Waals surface area contributed by atoms with Crippen LogP contribution in [0.3, 0.4) is 0 Å². The Hall–Kier alpha value is -2.79. The molecule has 0 fully saturated rings. The van der Waals surface area contributed by atoms with Crippen LogP contribution >= 0.6 is 11.6 Å². The average molecular weight is 330 g/mol. The predicted octanol–water partition coefficient (Wildman–Crippen LogP) is 3.18. The fourth-order valence-corrected chi connectivity index (χ4v) is 2.55. The Balaban J connectivity index is 2.14. The number of benzene rings is 2. The summed E-state index contributed by atoms with van der Waals surface area (Å²) in [4.78, 5) is 25.9. The van der Waals surface area contributed by atoms with Gasteiger partial charge in [-0.3, -0.25) is 4.79 Å². The molecule has 0 amide bonds. The first-order valence-electron chi connectivity index (χ1n) is 6.81. The van der Waals surface area contributed by atoms with Crippen molar-refractivity contribution in [2.75, 3.05) is 0 Å². The largest absolute Gasteiger partial charge is 0.507 e. The molecule has 0 aliphatic rings. The third-order valence-corrected chi connectivity index (χ3v) is 3.88. The van der Waals surface area contributed by atoms with E-state index >= 15 is 0 Å². The summed E-state index contributed by atoms with van der Waals surface area (Å²) in [5.74, 6) is -1.31. The number of fused-ring (bicyclic) bond motifs is 1. The van der Waals surface area contributed by atoms with Crippen LogP contribution in [0.5, 0.6) is 5.75 Å². The van der Waals surface area contributed by atoms with Crippen molar-refractivity contribution in [3.05, 3.63) is 74.5 Å². The Morgan fingerprint density at radius 1 is 1.13 bits per heavy atom. The van der Waals surface area contributed by atoms with E-state index in [1.54, 1.807) is 24.3 Å². The number of aromatic amines is 1. The van der Waals surface area contributed by atoms with Crippen molar-refractivity contribution >= 4 is 28.5 Å². The standard InChI is InChI=1S/C17H12ClNO4/c18-11-4-1-9(2-5-11)7-13-15(20)12-8-10(17(22)23)3-6-14(12)19-16(13)21/h1-6,8H,7H2,(H,22,23)(H2,19,20,21). The van der Waals surface area contributed by atoms with Crippen molar-refractivity contribution in [3.63, 3.8) is 0 Å². The van der Waals surface area contributed by atoms with Gasteiger partial charge >= 0.3 is 5.97 Å². The number of aromatic nitrogens is 1. The first kappa shape index (κ1) is 15.1. The molecule has 3 aromatic rings. The lowest BCUT2D eigenvalue weighted by atomic mass is 10.0. The van der Waals surface area contributed by atoms with Gasteiger partial charge in [-0.2, -0.15) is 0 Å². The van der Waals surface area contributed by atoms with Crippen LogP contribution in [0.2, 0.25) is 5.02 Å². The molecule has 3 N–H and O–H groups in total. The molecule has 116 valence electrons. The number of aromatic carboxylic acids is 1. The number of carbonyl (C=O) groups is 1. The van der Waals surface area contributed by atoms with Crippen LogP contribution in [-0.2, 0) is 6.42 Å². The van der Waals surface area contributed by atoms with Crippen LogP contribution in [0.1, 0.15) is 21.5 Å². The summed E-state index contributed by atoms with van der Waals surface area (Å²) >= 11 is 5.83. The van der Waals surface area contributed by atoms with Gasteiger partial charge in [-0.05, 0) is 35.9 Å². The molecule has 0 saturated carbocycles. The molecule has 5 nitrogen and oxygen atoms in total. The second kappa shape index (κ2) is 5.78. The lowest BCUT2D eigenvalue weighted by molar-refractivity contribution is 0.0697. The van der Waals surface area contributed by atoms with E-state index in [0.29, 0.717) is 15.9 Å². The minimum atomic E-state index is -1.10. The van der Waals surface area contributed by atoms with E-state index in [1.165, 1.54) is 18.2 Å². The average Bonchev–Trinajstić information content (AvgIpc) is 2.53. The SMILES string of the molecule is O=C(O)c1ccc2[nH]c(=O)c(Cc3ccc(Cl)cc3)c(O)c2c1. The van der Waals surface area contributed by atoms with Gasteiger partial charge in [0.25, 0.3) is 5.56 Å². The molecular weight excluding hydrogens is 318 g/mol. The number of carboxylic acids is 1. The van der Waals surface area contributed by atoms with E-state index in [9.17, 15) is 14.7 Å². The molecule has 3 rings (SSSR count). The van der Waals surface area contributed by atoms with Crippen LogP contribution in [0.15, 0.2) is 47.3 Å². The second-order valence-electron chi connectivity index (χ2n) is 5.15. The molecule has 0 aliphatic carbocycles. The lowest BCUT2D eigenvalue weighted by Crippen LogP contribution is -2.13. The zero-order valence-electron chi connectivity index (χ0n) is 11.8. The van der Waals surface area contributed by atoms with Gasteiger partial charge in [0.1, 0.15) is 5.75 Å². The van der Waals surface area contributed by atoms with E-state index in [0.717, 1.165) is 5.56 Å². The van der Waals surface area contributed by atoms with E-state index in [-0.39, 0.29) is 23.3 Å². The molecule has 0 radical (unpaired) electrons. The fourth-order valence-electron chi connectivity index (χ4n) is 2.42. The normalized spacial score (nSPS) is 10.8. The number of halogens is 1. The Morgan fingerprint density at radius 3 is 2.48 bits per heavy atom. The van der Waals surface area contributed by atoms with Crippen LogP contribution in [-0.4, -0.2) is 21.2 Å². The summed E-state index contributed by atoms with van der Waals surface area (Å²) in [6.07, 6.45) is 0.214. The Kier molecular flexibility index (Phi) is 3.80. The van der Waals surface area contributed by atoms with Crippen LogP contribution in [0, 0.1) is 0 Å². The van der Waals surface area contributed by atoms with Gasteiger partial charge in [0, 0.05) is 16.8 Å². The first-order valence-corrected chi connectivity index (χ1v) is 7.19. The quantitative estimate of drug-likeness (QED) is 0.688. The topological polar surface area (TPSA) is 90.4 Å². The summed E-state index contributed by atoms with van der Waals surface area (Å²) in [5, 5.41) is 20.3. The van der Waals surface area contributed by atoms with Gasteiger partial charge in [0.2, 0.25) is 0 Å². The van der Waals surface area contributed by atoms with Gasteiger partial charge in [-0.1, -0.05) is 23.7 Å². The summed E-state index contributed by atoms with van der Waals surface area (Å²) in [6, 6.07) is 11.1. The zero-order chi connectivity index (χ0) is 16.6. The molecule has 0 saturated heterocycles. The number of pyridine rings is 1. The van der Waals surface area contributed by atoms with Crippen molar-refractivity contribution in [1.29, 1.82) is 0 Å². The molecule has 0 aliphatic heterocycles. The molecule has 0 bridgehead atoms. The summed E-state index contributed by atoms with van der Waals surface area (Å²) in [6.45, 7) is 0. The summed E-state index contributed by atoms with van der Waals surface area (Å²) < 4.78 is 0. The number of hydrogen-bond acceptors (Lipinski definition) is 3. The van der Waals surface area contributed by atoms with Gasteiger partial charge in [-0.25, -0.2) is 4.79 Å². The van der Waals surface area contributed by atoms with E-state index in [2.05, 4.69) is 4.98 Å². The number of carboxylic acid groups (broad SMARTS) is 1. The highest BCUT2D eigenvalue weighted by molar-refractivity contribution is 6.30. The maximum atomic E-state index is 12.2. The number of aromatic hydroxyl groups is 1. The minimum absolute atomic E-state index is 0.0392. The second-order valence-corrected chi connectivity index (χ2v) is 5.59. The summed E-state index contributed by atoms with van der Waals surface area (Å²) in [7, 11) is 0. The van der Waals surface area contributed by atoms with Crippen LogP contribution in [0.4, 0.5) is 0 Å². The van der Waals surface area contributed by atoms with E-state index in [1.807, 2.05) is 0 Å². The molecule has 23 heavy (non-hydrogen) atoms. The van der Waals surface area contributed by atoms with Crippen molar-refractivity contribution < 1.29 is 15.0 Å². The predicted molar refractivity (Wildman–Crippen MR) is 87.5 cm³/mol. The highest BCUT2D eigenvalue weighted by Gasteiger charge is 2.14. The number of hydrogen-bond donors (Lipinski definition) is 3. The molecule has 6 heteroatoms. The van der Waals surface area contributed by atoms with E-state index in [4.69, 9.17) is 16.7 Å². The van der Waals surface area contributed by atoms with Gasteiger partial charge < -0.3 is 15.2 Å². The molecule has 2 aromatic carbocycles. The summed E-state index contributed by atoms with van der Waals surface area (Å²) in [5.41, 5.74) is 1.01. The van der Waals surface area contributed by atoms with Crippen molar-refractivity contribution in [2.45, 2.75) is 6.42 Å². The monoisotopic (exact) mass is 329 g/mol. The molecular formula is C17H12ClNO4. The van der Waals surface area contributed by atoms with Crippen molar-refractivity contribution in [1.82, 2.24) is 4.98 Å². The smallest absolute Gasteiger partial charge is 0.335 e. The first-order chi connectivity index (χ1) is 11.0. The van der Waals surface area contributed by atoms with Crippen LogP contribution in [0.25, 0.3) is 10.9 Å². The number of H-pyrrole nitrogens is 1. The highest BCUT2D eigenvalue weighted by atomic mass is 35.5. The molecule has 0 unspecified atom stereocenters. The number of nitrogens with one attached hydrogen (secondary N) is 1. The van der Waals surface area contributed by atoms with Gasteiger partial charge in [-0.15, -0.1) is 0 Å². The number of rotatable bonds is 3. The van der Waals surface area contributed by atoms with Gasteiger partial charge in [0.05, 0.1) is 16.6 Å². The molecule has 0 atom stereocenters. The minimum Gasteiger partial charge on any atom is -0.507 e.